The number of fused-ring (bicyclic) bond motifs is 1. The lowest BCUT2D eigenvalue weighted by Crippen LogP contribution is -2.31. The van der Waals surface area contributed by atoms with Crippen molar-refractivity contribution < 1.29 is 9.18 Å². The maximum atomic E-state index is 13.3. The summed E-state index contributed by atoms with van der Waals surface area (Å²) in [5.74, 6) is 0.456. The summed E-state index contributed by atoms with van der Waals surface area (Å²) in [7, 11) is 0. The van der Waals surface area contributed by atoms with Crippen molar-refractivity contribution >= 4 is 22.8 Å². The van der Waals surface area contributed by atoms with Gasteiger partial charge in [-0.25, -0.2) is 14.2 Å². The highest BCUT2D eigenvalue weighted by molar-refractivity contribution is 5.89. The van der Waals surface area contributed by atoms with Gasteiger partial charge < -0.3 is 15.2 Å². The highest BCUT2D eigenvalue weighted by Gasteiger charge is 2.12. The summed E-state index contributed by atoms with van der Waals surface area (Å²) in [5, 5.41) is 5.72. The van der Waals surface area contributed by atoms with Crippen LogP contribution >= 0.6 is 0 Å². The third-order valence-corrected chi connectivity index (χ3v) is 4.65. The molecule has 2 N–H and O–H groups in total. The van der Waals surface area contributed by atoms with E-state index < -0.39 is 0 Å². The number of amides is 2. The molecule has 6 heteroatoms. The number of para-hydroxylation sites is 2. The van der Waals surface area contributed by atoms with Crippen LogP contribution in [0.2, 0.25) is 0 Å². The van der Waals surface area contributed by atoms with Gasteiger partial charge in [-0.2, -0.15) is 0 Å². The van der Waals surface area contributed by atoms with Crippen LogP contribution in [0.15, 0.2) is 72.8 Å². The van der Waals surface area contributed by atoms with Crippen molar-refractivity contribution in [3.05, 3.63) is 84.2 Å². The largest absolute Gasteiger partial charge is 0.336 e. The molecule has 1 heterocycles. The number of nitrogens with one attached hydrogen (secondary N) is 2. The van der Waals surface area contributed by atoms with E-state index in [1.807, 2.05) is 60.0 Å². The van der Waals surface area contributed by atoms with Gasteiger partial charge in [-0.3, -0.25) is 0 Å². The summed E-state index contributed by atoms with van der Waals surface area (Å²) in [6.45, 7) is 2.94. The molecule has 0 fully saturated rings. The second kappa shape index (κ2) is 8.14. The Bertz CT molecular complexity index is 1150. The van der Waals surface area contributed by atoms with Gasteiger partial charge in [0.2, 0.25) is 0 Å². The first kappa shape index (κ1) is 18.7. The number of benzene rings is 3. The SMILES string of the molecule is Cc1cccc(NC(=O)NCCn2c(-c3ccc(F)cc3)nc3ccccc32)c1. The van der Waals surface area contributed by atoms with E-state index in [9.17, 15) is 9.18 Å². The number of hydrogen-bond donors (Lipinski definition) is 2. The highest BCUT2D eigenvalue weighted by Crippen LogP contribution is 2.24. The number of halogens is 1. The lowest BCUT2D eigenvalue weighted by molar-refractivity contribution is 0.251. The summed E-state index contributed by atoms with van der Waals surface area (Å²) in [6, 6.07) is 21.5. The Balaban J connectivity index is 1.50. The predicted octanol–water partition coefficient (Wildman–Crippen LogP) is 4.97. The van der Waals surface area contributed by atoms with E-state index in [2.05, 4.69) is 10.6 Å². The maximum absolute atomic E-state index is 13.3. The quantitative estimate of drug-likeness (QED) is 0.507. The van der Waals surface area contributed by atoms with Gasteiger partial charge in [0.15, 0.2) is 0 Å². The first-order valence-electron chi connectivity index (χ1n) is 9.43. The molecule has 0 saturated carbocycles. The Morgan fingerprint density at radius 3 is 2.62 bits per heavy atom. The van der Waals surface area contributed by atoms with Gasteiger partial charge in [0.1, 0.15) is 11.6 Å². The third-order valence-electron chi connectivity index (χ3n) is 4.65. The zero-order chi connectivity index (χ0) is 20.2. The normalized spacial score (nSPS) is 10.8. The molecule has 1 aromatic heterocycles. The lowest BCUT2D eigenvalue weighted by Gasteiger charge is -2.11. The van der Waals surface area contributed by atoms with Crippen molar-refractivity contribution in [2.24, 2.45) is 0 Å². The fraction of sp³-hybridized carbons (Fsp3) is 0.130. The van der Waals surface area contributed by atoms with Gasteiger partial charge in [0.25, 0.3) is 0 Å². The number of anilines is 1. The van der Waals surface area contributed by atoms with Crippen LogP contribution in [-0.2, 0) is 6.54 Å². The first-order chi connectivity index (χ1) is 14.1. The molecule has 0 bridgehead atoms. The van der Waals surface area contributed by atoms with Crippen molar-refractivity contribution in [1.82, 2.24) is 14.9 Å². The van der Waals surface area contributed by atoms with Crippen molar-refractivity contribution in [2.45, 2.75) is 13.5 Å². The zero-order valence-corrected chi connectivity index (χ0v) is 16.0. The average Bonchev–Trinajstić information content (AvgIpc) is 3.07. The van der Waals surface area contributed by atoms with E-state index in [-0.39, 0.29) is 11.8 Å². The average molecular weight is 388 g/mol. The molecule has 4 rings (SSSR count). The number of nitrogens with zero attached hydrogens (tertiary/aromatic N) is 2. The highest BCUT2D eigenvalue weighted by atomic mass is 19.1. The van der Waals surface area contributed by atoms with Crippen LogP contribution in [0.3, 0.4) is 0 Å². The molecule has 2 amide bonds. The maximum Gasteiger partial charge on any atom is 0.319 e. The molecule has 0 radical (unpaired) electrons. The van der Waals surface area contributed by atoms with E-state index in [1.165, 1.54) is 12.1 Å². The van der Waals surface area contributed by atoms with E-state index in [0.29, 0.717) is 13.1 Å². The molecule has 0 spiro atoms. The molecule has 146 valence electrons. The van der Waals surface area contributed by atoms with Crippen LogP contribution in [0.5, 0.6) is 0 Å². The molecule has 0 unspecified atom stereocenters. The molecule has 0 aliphatic heterocycles. The van der Waals surface area contributed by atoms with Crippen LogP contribution in [0, 0.1) is 12.7 Å². The number of aryl methyl sites for hydroxylation is 1. The summed E-state index contributed by atoms with van der Waals surface area (Å²) in [4.78, 5) is 16.9. The van der Waals surface area contributed by atoms with Gasteiger partial charge in [-0.05, 0) is 61.0 Å². The summed E-state index contributed by atoms with van der Waals surface area (Å²) < 4.78 is 15.4. The Kier molecular flexibility index (Phi) is 5.24. The number of carbonyl (C=O) groups excluding carboxylic acids is 1. The minimum Gasteiger partial charge on any atom is -0.336 e. The number of carbonyl (C=O) groups is 1. The summed E-state index contributed by atoms with van der Waals surface area (Å²) >= 11 is 0. The van der Waals surface area contributed by atoms with Crippen LogP contribution < -0.4 is 10.6 Å². The van der Waals surface area contributed by atoms with Gasteiger partial charge in [0, 0.05) is 24.3 Å². The molecule has 0 atom stereocenters. The van der Waals surface area contributed by atoms with E-state index in [4.69, 9.17) is 4.98 Å². The summed E-state index contributed by atoms with van der Waals surface area (Å²) in [6.07, 6.45) is 0. The monoisotopic (exact) mass is 388 g/mol. The minimum atomic E-state index is -0.286. The molecule has 29 heavy (non-hydrogen) atoms. The van der Waals surface area contributed by atoms with Gasteiger partial charge >= 0.3 is 6.03 Å². The van der Waals surface area contributed by atoms with E-state index in [0.717, 1.165) is 33.7 Å². The van der Waals surface area contributed by atoms with Crippen LogP contribution in [0.4, 0.5) is 14.9 Å². The van der Waals surface area contributed by atoms with Crippen molar-refractivity contribution in [2.75, 3.05) is 11.9 Å². The number of urea groups is 1. The van der Waals surface area contributed by atoms with E-state index in [1.54, 1.807) is 12.1 Å². The smallest absolute Gasteiger partial charge is 0.319 e. The van der Waals surface area contributed by atoms with Gasteiger partial charge in [-0.1, -0.05) is 24.3 Å². The Hall–Kier alpha value is -3.67. The van der Waals surface area contributed by atoms with Crippen molar-refractivity contribution in [3.8, 4) is 11.4 Å². The number of hydrogen-bond acceptors (Lipinski definition) is 2. The number of imidazole rings is 1. The minimum absolute atomic E-state index is 0.261. The summed E-state index contributed by atoms with van der Waals surface area (Å²) in [5.41, 5.74) is 4.48. The molecule has 0 aliphatic rings. The number of aromatic nitrogens is 2. The van der Waals surface area contributed by atoms with Crippen LogP contribution in [-0.4, -0.2) is 22.1 Å². The lowest BCUT2D eigenvalue weighted by atomic mass is 10.2. The van der Waals surface area contributed by atoms with Gasteiger partial charge in [0.05, 0.1) is 11.0 Å². The third kappa shape index (κ3) is 4.27. The molecule has 5 nitrogen and oxygen atoms in total. The second-order valence-electron chi connectivity index (χ2n) is 6.83. The van der Waals surface area contributed by atoms with Crippen LogP contribution in [0.1, 0.15) is 5.56 Å². The molecule has 4 aromatic rings. The second-order valence-corrected chi connectivity index (χ2v) is 6.83. The Labute approximate surface area is 168 Å². The topological polar surface area (TPSA) is 59.0 Å². The first-order valence-corrected chi connectivity index (χ1v) is 9.43. The van der Waals surface area contributed by atoms with Gasteiger partial charge in [-0.15, -0.1) is 0 Å². The fourth-order valence-electron chi connectivity index (χ4n) is 3.30. The predicted molar refractivity (Wildman–Crippen MR) is 113 cm³/mol. The standard InChI is InChI=1S/C23H21FN4O/c1-16-5-4-6-19(15-16)26-23(29)25-13-14-28-21-8-3-2-7-20(21)27-22(28)17-9-11-18(24)12-10-17/h2-12,15H,13-14H2,1H3,(H2,25,26,29). The van der Waals surface area contributed by atoms with Crippen molar-refractivity contribution in [3.63, 3.8) is 0 Å². The zero-order valence-electron chi connectivity index (χ0n) is 16.0. The Morgan fingerprint density at radius 2 is 1.83 bits per heavy atom. The van der Waals surface area contributed by atoms with E-state index >= 15 is 0 Å². The fourth-order valence-corrected chi connectivity index (χ4v) is 3.30. The van der Waals surface area contributed by atoms with Crippen LogP contribution in [0.25, 0.3) is 22.4 Å². The molecular formula is C23H21FN4O. The number of rotatable bonds is 5. The molecule has 0 saturated heterocycles. The molecule has 0 aliphatic carbocycles. The molecule has 3 aromatic carbocycles. The van der Waals surface area contributed by atoms with Crippen molar-refractivity contribution in [1.29, 1.82) is 0 Å². The molecular weight excluding hydrogens is 367 g/mol. The Morgan fingerprint density at radius 1 is 1.03 bits per heavy atom.